The maximum absolute atomic E-state index is 3.61. The van der Waals surface area contributed by atoms with Gasteiger partial charge in [0.2, 0.25) is 0 Å². The molecule has 0 spiro atoms. The second-order valence-corrected chi connectivity index (χ2v) is 6.72. The molecule has 0 saturated heterocycles. The van der Waals surface area contributed by atoms with E-state index in [1.165, 1.54) is 25.6 Å². The van der Waals surface area contributed by atoms with E-state index in [2.05, 4.69) is 105 Å². The fourth-order valence-corrected chi connectivity index (χ4v) is 3.05. The minimum Gasteiger partial charge on any atom is -0.380 e. The second kappa shape index (κ2) is 6.14. The van der Waals surface area contributed by atoms with E-state index in [1.54, 1.807) is 0 Å². The van der Waals surface area contributed by atoms with Crippen LogP contribution in [0.2, 0.25) is 0 Å². The lowest BCUT2D eigenvalue weighted by Crippen LogP contribution is -2.00. The van der Waals surface area contributed by atoms with Crippen molar-refractivity contribution in [3.8, 4) is 0 Å². The largest absolute Gasteiger partial charge is 0.380 e. The van der Waals surface area contributed by atoms with Crippen LogP contribution in [0, 0.1) is 3.57 Å². The summed E-state index contributed by atoms with van der Waals surface area (Å²) in [5.74, 6) is 0. The molecule has 3 aromatic carbocycles. The monoisotopic (exact) mass is 437 g/mol. The molecule has 1 N–H and O–H groups in total. The molecular weight excluding hydrogens is 425 g/mol. The first-order chi connectivity index (χ1) is 9.74. The molecule has 0 heterocycles. The van der Waals surface area contributed by atoms with Crippen LogP contribution in [0.1, 0.15) is 5.56 Å². The van der Waals surface area contributed by atoms with Crippen molar-refractivity contribution < 1.29 is 0 Å². The molecule has 3 heteroatoms. The van der Waals surface area contributed by atoms with E-state index in [0.29, 0.717) is 0 Å². The van der Waals surface area contributed by atoms with Gasteiger partial charge >= 0.3 is 0 Å². The Labute approximate surface area is 140 Å². The van der Waals surface area contributed by atoms with Gasteiger partial charge in [-0.15, -0.1) is 0 Å². The SMILES string of the molecule is Brc1ccc(NCc2ccc(I)cc2)c2ccccc12. The Kier molecular flexibility index (Phi) is 4.27. The molecule has 1 nitrogen and oxygen atoms in total. The molecule has 0 atom stereocenters. The summed E-state index contributed by atoms with van der Waals surface area (Å²) >= 11 is 5.93. The van der Waals surface area contributed by atoms with E-state index in [0.717, 1.165) is 11.0 Å². The summed E-state index contributed by atoms with van der Waals surface area (Å²) in [4.78, 5) is 0. The molecule has 3 rings (SSSR count). The van der Waals surface area contributed by atoms with Crippen LogP contribution in [0.25, 0.3) is 10.8 Å². The van der Waals surface area contributed by atoms with Gasteiger partial charge < -0.3 is 5.32 Å². The van der Waals surface area contributed by atoms with Crippen molar-refractivity contribution in [3.05, 3.63) is 74.3 Å². The number of nitrogens with one attached hydrogen (secondary N) is 1. The van der Waals surface area contributed by atoms with Crippen molar-refractivity contribution in [1.29, 1.82) is 0 Å². The van der Waals surface area contributed by atoms with Crippen molar-refractivity contribution in [2.45, 2.75) is 6.54 Å². The first kappa shape index (κ1) is 13.9. The van der Waals surface area contributed by atoms with Crippen molar-refractivity contribution in [2.75, 3.05) is 5.32 Å². The molecule has 0 amide bonds. The van der Waals surface area contributed by atoms with Crippen molar-refractivity contribution in [2.24, 2.45) is 0 Å². The average Bonchev–Trinajstić information content (AvgIpc) is 2.49. The second-order valence-electron chi connectivity index (χ2n) is 4.62. The lowest BCUT2D eigenvalue weighted by atomic mass is 10.1. The summed E-state index contributed by atoms with van der Waals surface area (Å²) in [6.07, 6.45) is 0. The summed E-state index contributed by atoms with van der Waals surface area (Å²) in [7, 11) is 0. The Bertz CT molecular complexity index is 738. The third-order valence-corrected chi connectivity index (χ3v) is 4.68. The van der Waals surface area contributed by atoms with Crippen LogP contribution in [0.5, 0.6) is 0 Å². The summed E-state index contributed by atoms with van der Waals surface area (Å²) in [6.45, 7) is 0.836. The van der Waals surface area contributed by atoms with Gasteiger partial charge in [-0.05, 0) is 57.8 Å². The molecule has 0 aromatic heterocycles. The fraction of sp³-hybridized carbons (Fsp3) is 0.0588. The van der Waals surface area contributed by atoms with Gasteiger partial charge in [-0.2, -0.15) is 0 Å². The maximum atomic E-state index is 3.61. The van der Waals surface area contributed by atoms with Crippen molar-refractivity contribution >= 4 is 55.0 Å². The highest BCUT2D eigenvalue weighted by molar-refractivity contribution is 14.1. The van der Waals surface area contributed by atoms with Crippen molar-refractivity contribution in [3.63, 3.8) is 0 Å². The van der Waals surface area contributed by atoms with Gasteiger partial charge in [0.25, 0.3) is 0 Å². The zero-order valence-electron chi connectivity index (χ0n) is 10.7. The van der Waals surface area contributed by atoms with Crippen LogP contribution in [0.15, 0.2) is 65.1 Å². The Morgan fingerprint density at radius 1 is 0.850 bits per heavy atom. The molecule has 3 aromatic rings. The quantitative estimate of drug-likeness (QED) is 0.509. The number of halogens is 2. The first-order valence-electron chi connectivity index (χ1n) is 6.39. The average molecular weight is 438 g/mol. The third kappa shape index (κ3) is 2.99. The van der Waals surface area contributed by atoms with Crippen LogP contribution in [-0.4, -0.2) is 0 Å². The third-order valence-electron chi connectivity index (χ3n) is 3.27. The van der Waals surface area contributed by atoms with E-state index >= 15 is 0 Å². The van der Waals surface area contributed by atoms with Crippen LogP contribution in [-0.2, 0) is 6.54 Å². The van der Waals surface area contributed by atoms with Gasteiger partial charge in [-0.25, -0.2) is 0 Å². The Balaban J connectivity index is 1.88. The predicted molar refractivity (Wildman–Crippen MR) is 98.1 cm³/mol. The molecule has 0 aliphatic rings. The van der Waals surface area contributed by atoms with Crippen LogP contribution < -0.4 is 5.32 Å². The summed E-state index contributed by atoms with van der Waals surface area (Å²) in [5.41, 5.74) is 2.46. The maximum Gasteiger partial charge on any atom is 0.0423 e. The smallest absolute Gasteiger partial charge is 0.0423 e. The highest BCUT2D eigenvalue weighted by Gasteiger charge is 2.03. The highest BCUT2D eigenvalue weighted by atomic mass is 127. The molecule has 0 saturated carbocycles. The minimum atomic E-state index is 0.836. The number of rotatable bonds is 3. The molecule has 0 fully saturated rings. The van der Waals surface area contributed by atoms with Crippen LogP contribution >= 0.6 is 38.5 Å². The lowest BCUT2D eigenvalue weighted by Gasteiger charge is -2.11. The number of hydrogen-bond acceptors (Lipinski definition) is 1. The molecule has 0 aliphatic heterocycles. The zero-order chi connectivity index (χ0) is 13.9. The van der Waals surface area contributed by atoms with E-state index in [9.17, 15) is 0 Å². The standard InChI is InChI=1S/C17H13BrIN/c18-16-9-10-17(15-4-2-1-3-14(15)16)20-11-12-5-7-13(19)8-6-12/h1-10,20H,11H2. The minimum absolute atomic E-state index is 0.836. The number of benzene rings is 3. The van der Waals surface area contributed by atoms with E-state index in [-0.39, 0.29) is 0 Å². The highest BCUT2D eigenvalue weighted by Crippen LogP contribution is 2.30. The Hall–Kier alpha value is -1.07. The normalized spacial score (nSPS) is 10.7. The summed E-state index contributed by atoms with van der Waals surface area (Å²) < 4.78 is 2.40. The van der Waals surface area contributed by atoms with Gasteiger partial charge in [-0.3, -0.25) is 0 Å². The summed E-state index contributed by atoms with van der Waals surface area (Å²) in [5, 5.41) is 6.01. The zero-order valence-corrected chi connectivity index (χ0v) is 14.5. The lowest BCUT2D eigenvalue weighted by molar-refractivity contribution is 1.15. The number of hydrogen-bond donors (Lipinski definition) is 1. The van der Waals surface area contributed by atoms with Crippen LogP contribution in [0.4, 0.5) is 5.69 Å². The molecule has 20 heavy (non-hydrogen) atoms. The van der Waals surface area contributed by atoms with E-state index < -0.39 is 0 Å². The van der Waals surface area contributed by atoms with Gasteiger partial charge in [0, 0.05) is 25.7 Å². The van der Waals surface area contributed by atoms with Crippen LogP contribution in [0.3, 0.4) is 0 Å². The first-order valence-corrected chi connectivity index (χ1v) is 8.27. The number of anilines is 1. The molecule has 100 valence electrons. The van der Waals surface area contributed by atoms with E-state index in [1.807, 2.05) is 0 Å². The van der Waals surface area contributed by atoms with Gasteiger partial charge in [0.15, 0.2) is 0 Å². The predicted octanol–water partition coefficient (Wildman–Crippen LogP) is 5.82. The summed E-state index contributed by atoms with van der Waals surface area (Å²) in [6, 6.07) is 21.2. The molecule has 0 aliphatic carbocycles. The van der Waals surface area contributed by atoms with E-state index in [4.69, 9.17) is 0 Å². The van der Waals surface area contributed by atoms with Gasteiger partial charge in [-0.1, -0.05) is 52.3 Å². The molecular formula is C17H13BrIN. The molecule has 0 bridgehead atoms. The van der Waals surface area contributed by atoms with Crippen molar-refractivity contribution in [1.82, 2.24) is 0 Å². The topological polar surface area (TPSA) is 12.0 Å². The Morgan fingerprint density at radius 2 is 1.55 bits per heavy atom. The number of fused-ring (bicyclic) bond motifs is 1. The van der Waals surface area contributed by atoms with Gasteiger partial charge in [0.1, 0.15) is 0 Å². The Morgan fingerprint density at radius 3 is 2.30 bits per heavy atom. The molecule has 0 unspecified atom stereocenters. The fourth-order valence-electron chi connectivity index (χ4n) is 2.22. The molecule has 0 radical (unpaired) electrons. The van der Waals surface area contributed by atoms with Gasteiger partial charge in [0.05, 0.1) is 0 Å².